The molecule has 0 aliphatic carbocycles. The van der Waals surface area contributed by atoms with Crippen LogP contribution < -0.4 is 11.1 Å². The number of carbonyl (C=O) groups excluding carboxylic acids is 2. The second kappa shape index (κ2) is 8.38. The van der Waals surface area contributed by atoms with E-state index in [2.05, 4.69) is 5.32 Å². The zero-order valence-corrected chi connectivity index (χ0v) is 12.7. The van der Waals surface area contributed by atoms with E-state index >= 15 is 0 Å². The van der Waals surface area contributed by atoms with Crippen LogP contribution in [-0.2, 0) is 16.1 Å². The molecule has 1 fully saturated rings. The summed E-state index contributed by atoms with van der Waals surface area (Å²) >= 11 is 0. The van der Waals surface area contributed by atoms with Gasteiger partial charge in [0.05, 0.1) is 6.54 Å². The Morgan fingerprint density at radius 1 is 1.23 bits per heavy atom. The molecule has 1 heterocycles. The van der Waals surface area contributed by atoms with Crippen LogP contribution in [0.15, 0.2) is 30.3 Å². The lowest BCUT2D eigenvalue weighted by molar-refractivity contribution is -0.117. The average molecular weight is 305 g/mol. The molecule has 0 unspecified atom stereocenters. The SMILES string of the molecule is NC(=O)CNCC1CCN(C(=O)OCc2ccccc2)CC1. The highest BCUT2D eigenvalue weighted by Gasteiger charge is 2.23. The van der Waals surface area contributed by atoms with Gasteiger partial charge < -0.3 is 20.7 Å². The van der Waals surface area contributed by atoms with Crippen molar-refractivity contribution in [2.75, 3.05) is 26.2 Å². The normalized spacial score (nSPS) is 15.5. The minimum atomic E-state index is -0.345. The van der Waals surface area contributed by atoms with E-state index in [1.165, 1.54) is 0 Å². The molecule has 0 radical (unpaired) electrons. The molecule has 0 atom stereocenters. The lowest BCUT2D eigenvalue weighted by atomic mass is 9.97. The Morgan fingerprint density at radius 3 is 2.55 bits per heavy atom. The van der Waals surface area contributed by atoms with Crippen LogP contribution >= 0.6 is 0 Å². The molecule has 22 heavy (non-hydrogen) atoms. The first-order valence-electron chi connectivity index (χ1n) is 7.60. The highest BCUT2D eigenvalue weighted by molar-refractivity contribution is 5.75. The molecule has 0 spiro atoms. The first kappa shape index (κ1) is 16.3. The number of hydrogen-bond donors (Lipinski definition) is 2. The number of piperidine rings is 1. The van der Waals surface area contributed by atoms with Gasteiger partial charge in [0.15, 0.2) is 0 Å². The predicted octanol–water partition coefficient (Wildman–Crippen LogP) is 1.11. The molecule has 120 valence electrons. The summed E-state index contributed by atoms with van der Waals surface area (Å²) < 4.78 is 5.33. The van der Waals surface area contributed by atoms with Crippen molar-refractivity contribution in [1.82, 2.24) is 10.2 Å². The van der Waals surface area contributed by atoms with Crippen molar-refractivity contribution in [2.45, 2.75) is 19.4 Å². The summed E-state index contributed by atoms with van der Waals surface area (Å²) in [7, 11) is 0. The average Bonchev–Trinajstić information content (AvgIpc) is 2.54. The van der Waals surface area contributed by atoms with Gasteiger partial charge in [-0.15, -0.1) is 0 Å². The molecule has 1 aromatic rings. The fraction of sp³-hybridized carbons (Fsp3) is 0.500. The van der Waals surface area contributed by atoms with Crippen molar-refractivity contribution >= 4 is 12.0 Å². The molecule has 0 bridgehead atoms. The standard InChI is InChI=1S/C16H23N3O3/c17-15(20)11-18-10-13-6-8-19(9-7-13)16(21)22-12-14-4-2-1-3-5-14/h1-5,13,18H,6-12H2,(H2,17,20). The van der Waals surface area contributed by atoms with E-state index in [1.807, 2.05) is 30.3 Å². The lowest BCUT2D eigenvalue weighted by Gasteiger charge is -2.31. The molecule has 1 aromatic carbocycles. The van der Waals surface area contributed by atoms with Crippen molar-refractivity contribution in [3.05, 3.63) is 35.9 Å². The Kier molecular flexibility index (Phi) is 6.21. The summed E-state index contributed by atoms with van der Waals surface area (Å²) in [4.78, 5) is 24.4. The number of rotatable bonds is 6. The van der Waals surface area contributed by atoms with Gasteiger partial charge in [-0.2, -0.15) is 0 Å². The molecule has 1 saturated heterocycles. The van der Waals surface area contributed by atoms with Gasteiger partial charge in [-0.05, 0) is 30.9 Å². The van der Waals surface area contributed by atoms with Crippen molar-refractivity contribution in [1.29, 1.82) is 0 Å². The molecule has 0 aromatic heterocycles. The van der Waals surface area contributed by atoms with E-state index in [0.29, 0.717) is 25.6 Å². The van der Waals surface area contributed by atoms with Crippen LogP contribution in [0.4, 0.5) is 4.79 Å². The Labute approximate surface area is 130 Å². The number of hydrogen-bond acceptors (Lipinski definition) is 4. The Hall–Kier alpha value is -2.08. The van der Waals surface area contributed by atoms with Crippen molar-refractivity contribution in [2.24, 2.45) is 11.7 Å². The maximum absolute atomic E-state index is 12.0. The highest BCUT2D eigenvalue weighted by atomic mass is 16.6. The zero-order chi connectivity index (χ0) is 15.8. The van der Waals surface area contributed by atoms with E-state index in [1.54, 1.807) is 4.90 Å². The van der Waals surface area contributed by atoms with E-state index in [9.17, 15) is 9.59 Å². The number of nitrogens with one attached hydrogen (secondary N) is 1. The van der Waals surface area contributed by atoms with Crippen LogP contribution in [-0.4, -0.2) is 43.1 Å². The van der Waals surface area contributed by atoms with Crippen LogP contribution in [0.5, 0.6) is 0 Å². The fourth-order valence-corrected chi connectivity index (χ4v) is 2.53. The molecule has 6 nitrogen and oxygen atoms in total. The number of amides is 2. The van der Waals surface area contributed by atoms with Crippen molar-refractivity contribution in [3.63, 3.8) is 0 Å². The van der Waals surface area contributed by atoms with Gasteiger partial charge in [-0.3, -0.25) is 4.79 Å². The molecular weight excluding hydrogens is 282 g/mol. The quantitative estimate of drug-likeness (QED) is 0.824. The molecule has 3 N–H and O–H groups in total. The van der Waals surface area contributed by atoms with Crippen LogP contribution in [0.25, 0.3) is 0 Å². The number of primary amides is 1. The van der Waals surface area contributed by atoms with E-state index in [4.69, 9.17) is 10.5 Å². The molecule has 2 rings (SSSR count). The molecule has 0 saturated carbocycles. The molecule has 6 heteroatoms. The maximum atomic E-state index is 12.0. The molecule has 1 aliphatic heterocycles. The number of likely N-dealkylation sites (tertiary alicyclic amines) is 1. The third-order valence-electron chi connectivity index (χ3n) is 3.81. The Morgan fingerprint density at radius 2 is 1.91 bits per heavy atom. The fourth-order valence-electron chi connectivity index (χ4n) is 2.53. The van der Waals surface area contributed by atoms with Gasteiger partial charge in [0.25, 0.3) is 0 Å². The maximum Gasteiger partial charge on any atom is 0.410 e. The predicted molar refractivity (Wildman–Crippen MR) is 83.0 cm³/mol. The minimum absolute atomic E-state index is 0.208. The highest BCUT2D eigenvalue weighted by Crippen LogP contribution is 2.17. The summed E-state index contributed by atoms with van der Waals surface area (Å²) in [6.45, 7) is 2.65. The second-order valence-electron chi connectivity index (χ2n) is 5.57. The lowest BCUT2D eigenvalue weighted by Crippen LogP contribution is -2.41. The first-order valence-corrected chi connectivity index (χ1v) is 7.60. The summed E-state index contributed by atoms with van der Waals surface area (Å²) in [5.74, 6) is 0.124. The summed E-state index contributed by atoms with van der Waals surface area (Å²) in [5.41, 5.74) is 6.07. The van der Waals surface area contributed by atoms with Crippen LogP contribution in [0.1, 0.15) is 18.4 Å². The van der Waals surface area contributed by atoms with E-state index in [-0.39, 0.29) is 18.5 Å². The first-order chi connectivity index (χ1) is 10.6. The summed E-state index contributed by atoms with van der Waals surface area (Å²) in [5, 5.41) is 3.04. The van der Waals surface area contributed by atoms with Gasteiger partial charge in [0, 0.05) is 13.1 Å². The summed E-state index contributed by atoms with van der Waals surface area (Å²) in [6.07, 6.45) is 1.56. The molecule has 1 aliphatic rings. The van der Waals surface area contributed by atoms with Crippen molar-refractivity contribution < 1.29 is 14.3 Å². The number of nitrogens with zero attached hydrogens (tertiary/aromatic N) is 1. The zero-order valence-electron chi connectivity index (χ0n) is 12.7. The number of benzene rings is 1. The topological polar surface area (TPSA) is 84.7 Å². The number of carbonyl (C=O) groups is 2. The smallest absolute Gasteiger partial charge is 0.410 e. The van der Waals surface area contributed by atoms with Gasteiger partial charge in [0.2, 0.25) is 5.91 Å². The Balaban J connectivity index is 1.65. The third kappa shape index (κ3) is 5.37. The largest absolute Gasteiger partial charge is 0.445 e. The monoisotopic (exact) mass is 305 g/mol. The van der Waals surface area contributed by atoms with Gasteiger partial charge in [-0.25, -0.2) is 4.79 Å². The minimum Gasteiger partial charge on any atom is -0.445 e. The van der Waals surface area contributed by atoms with Gasteiger partial charge >= 0.3 is 6.09 Å². The second-order valence-corrected chi connectivity index (χ2v) is 5.57. The van der Waals surface area contributed by atoms with Crippen LogP contribution in [0.3, 0.4) is 0 Å². The Bertz CT molecular complexity index is 485. The van der Waals surface area contributed by atoms with Gasteiger partial charge in [-0.1, -0.05) is 30.3 Å². The van der Waals surface area contributed by atoms with E-state index < -0.39 is 0 Å². The van der Waals surface area contributed by atoms with Gasteiger partial charge in [0.1, 0.15) is 6.61 Å². The summed E-state index contributed by atoms with van der Waals surface area (Å²) in [6, 6.07) is 9.65. The molecular formula is C16H23N3O3. The molecule has 2 amide bonds. The van der Waals surface area contributed by atoms with E-state index in [0.717, 1.165) is 24.9 Å². The van der Waals surface area contributed by atoms with Crippen LogP contribution in [0.2, 0.25) is 0 Å². The number of nitrogens with two attached hydrogens (primary N) is 1. The number of ether oxygens (including phenoxy) is 1. The van der Waals surface area contributed by atoms with Crippen molar-refractivity contribution in [3.8, 4) is 0 Å². The van der Waals surface area contributed by atoms with Crippen LogP contribution in [0, 0.1) is 5.92 Å². The third-order valence-corrected chi connectivity index (χ3v) is 3.81.